The van der Waals surface area contributed by atoms with Crippen LogP contribution < -0.4 is 0 Å². The second kappa shape index (κ2) is 2.47. The molecular weight excluding hydrogens is 257 g/mol. The molecule has 0 saturated carbocycles. The molecule has 10 heavy (non-hydrogen) atoms. The molecule has 3 heteroatoms. The molecule has 0 saturated heterocycles. The summed E-state index contributed by atoms with van der Waals surface area (Å²) in [7, 11) is 0. The van der Waals surface area contributed by atoms with Crippen LogP contribution in [0.1, 0.15) is 0 Å². The van der Waals surface area contributed by atoms with Gasteiger partial charge in [-0.15, -0.1) is 0 Å². The van der Waals surface area contributed by atoms with E-state index < -0.39 is 0 Å². The number of hydrogen-bond acceptors (Lipinski definition) is 2. The van der Waals surface area contributed by atoms with Gasteiger partial charge < -0.3 is 0 Å². The Morgan fingerprint density at radius 2 is 2.10 bits per heavy atom. The van der Waals surface area contributed by atoms with Crippen molar-refractivity contribution in [1.29, 1.82) is 0 Å². The number of nitrogens with zero attached hydrogens (tertiary/aromatic N) is 1. The van der Waals surface area contributed by atoms with Gasteiger partial charge in [-0.1, -0.05) is 18.2 Å². The normalized spacial score (nSPS) is 10.5. The van der Waals surface area contributed by atoms with Crippen molar-refractivity contribution < 1.29 is 0 Å². The molecule has 0 atom stereocenters. The van der Waals surface area contributed by atoms with E-state index in [4.69, 9.17) is 0 Å². The topological polar surface area (TPSA) is 12.9 Å². The molecule has 2 aromatic rings. The number of rotatable bonds is 0. The van der Waals surface area contributed by atoms with Gasteiger partial charge in [0.15, 0.2) is 0 Å². The first-order valence-electron chi connectivity index (χ1n) is 2.88. The standard InChI is InChI=1S/C7H4INS/c8-7-5-3-1-2-4-6(5)10-9-7/h1-4H. The molecule has 0 unspecified atom stereocenters. The van der Waals surface area contributed by atoms with Crippen molar-refractivity contribution in [3.8, 4) is 0 Å². The average Bonchev–Trinajstić information content (AvgIpc) is 2.34. The molecule has 0 aliphatic heterocycles. The Balaban J connectivity index is 2.93. The zero-order valence-corrected chi connectivity index (χ0v) is 8.02. The highest BCUT2D eigenvalue weighted by atomic mass is 127. The van der Waals surface area contributed by atoms with Gasteiger partial charge in [-0.2, -0.15) is 4.37 Å². The van der Waals surface area contributed by atoms with Gasteiger partial charge >= 0.3 is 0 Å². The summed E-state index contributed by atoms with van der Waals surface area (Å²) in [6.07, 6.45) is 0. The summed E-state index contributed by atoms with van der Waals surface area (Å²) in [6.45, 7) is 0. The number of hydrogen-bond donors (Lipinski definition) is 0. The Morgan fingerprint density at radius 3 is 2.90 bits per heavy atom. The van der Waals surface area contributed by atoms with Crippen LogP contribution >= 0.6 is 34.1 Å². The summed E-state index contributed by atoms with van der Waals surface area (Å²) < 4.78 is 6.60. The van der Waals surface area contributed by atoms with Gasteiger partial charge in [0.05, 0.1) is 4.70 Å². The molecule has 0 aliphatic rings. The summed E-state index contributed by atoms with van der Waals surface area (Å²) >= 11 is 3.81. The van der Waals surface area contributed by atoms with E-state index >= 15 is 0 Å². The Labute approximate surface area is 76.4 Å². The fraction of sp³-hybridized carbons (Fsp3) is 0. The predicted molar refractivity (Wildman–Crippen MR) is 52.3 cm³/mol. The second-order valence-corrected chi connectivity index (χ2v) is 3.80. The van der Waals surface area contributed by atoms with Crippen LogP contribution in [0, 0.1) is 3.70 Å². The Hall–Kier alpha value is -0.160. The minimum absolute atomic E-state index is 1.11. The molecular formula is C7H4INS. The molecule has 1 aromatic carbocycles. The van der Waals surface area contributed by atoms with Gasteiger partial charge in [0.25, 0.3) is 0 Å². The fourth-order valence-corrected chi connectivity index (χ4v) is 2.48. The third-order valence-corrected chi connectivity index (χ3v) is 3.31. The first kappa shape index (κ1) is 6.54. The lowest BCUT2D eigenvalue weighted by Gasteiger charge is -1.83. The molecule has 0 amide bonds. The van der Waals surface area contributed by atoms with Crippen LogP contribution in [0.25, 0.3) is 10.1 Å². The molecule has 2 rings (SSSR count). The van der Waals surface area contributed by atoms with E-state index in [1.165, 1.54) is 10.1 Å². The van der Waals surface area contributed by atoms with Crippen molar-refractivity contribution in [3.63, 3.8) is 0 Å². The molecule has 0 N–H and O–H groups in total. The highest BCUT2D eigenvalue weighted by Crippen LogP contribution is 2.22. The smallest absolute Gasteiger partial charge is 0.122 e. The molecule has 1 aromatic heterocycles. The Morgan fingerprint density at radius 1 is 1.30 bits per heavy atom. The number of halogens is 1. The van der Waals surface area contributed by atoms with Gasteiger partial charge in [-0.05, 0) is 40.2 Å². The number of fused-ring (bicyclic) bond motifs is 1. The molecule has 0 bridgehead atoms. The van der Waals surface area contributed by atoms with E-state index in [2.05, 4.69) is 39.1 Å². The van der Waals surface area contributed by atoms with Crippen LogP contribution in [0.15, 0.2) is 24.3 Å². The second-order valence-electron chi connectivity index (χ2n) is 1.97. The van der Waals surface area contributed by atoms with E-state index in [-0.39, 0.29) is 0 Å². The van der Waals surface area contributed by atoms with Crippen molar-refractivity contribution >= 4 is 44.2 Å². The zero-order valence-electron chi connectivity index (χ0n) is 5.04. The molecule has 50 valence electrons. The molecule has 1 nitrogen and oxygen atoms in total. The maximum Gasteiger partial charge on any atom is 0.122 e. The number of aromatic nitrogens is 1. The third kappa shape index (κ3) is 0.932. The first-order valence-corrected chi connectivity index (χ1v) is 4.73. The van der Waals surface area contributed by atoms with E-state index in [1.807, 2.05) is 12.1 Å². The molecule has 0 aliphatic carbocycles. The van der Waals surface area contributed by atoms with Gasteiger partial charge in [0.2, 0.25) is 0 Å². The van der Waals surface area contributed by atoms with Crippen LogP contribution in [-0.4, -0.2) is 4.37 Å². The highest BCUT2D eigenvalue weighted by molar-refractivity contribution is 14.1. The number of benzene rings is 1. The summed E-state index contributed by atoms with van der Waals surface area (Å²) in [6, 6.07) is 8.27. The highest BCUT2D eigenvalue weighted by Gasteiger charge is 1.98. The van der Waals surface area contributed by atoms with Crippen molar-refractivity contribution in [2.24, 2.45) is 0 Å². The maximum atomic E-state index is 4.22. The lowest BCUT2D eigenvalue weighted by atomic mass is 10.3. The quantitative estimate of drug-likeness (QED) is 0.664. The van der Waals surface area contributed by atoms with E-state index in [1.54, 1.807) is 11.5 Å². The molecule has 0 radical (unpaired) electrons. The van der Waals surface area contributed by atoms with E-state index in [0.717, 1.165) is 3.70 Å². The van der Waals surface area contributed by atoms with Gasteiger partial charge in [-0.25, -0.2) is 0 Å². The van der Waals surface area contributed by atoms with Gasteiger partial charge in [0.1, 0.15) is 3.70 Å². The largest absolute Gasteiger partial charge is 0.185 e. The molecule has 0 fully saturated rings. The van der Waals surface area contributed by atoms with Crippen molar-refractivity contribution in [1.82, 2.24) is 4.37 Å². The minimum Gasteiger partial charge on any atom is -0.185 e. The summed E-state index contributed by atoms with van der Waals surface area (Å²) in [4.78, 5) is 0. The first-order chi connectivity index (χ1) is 4.88. The Bertz CT molecular complexity index is 355. The maximum absolute atomic E-state index is 4.22. The van der Waals surface area contributed by atoms with Crippen LogP contribution in [-0.2, 0) is 0 Å². The lowest BCUT2D eigenvalue weighted by Crippen LogP contribution is -1.65. The average molecular weight is 261 g/mol. The monoisotopic (exact) mass is 261 g/mol. The van der Waals surface area contributed by atoms with Crippen molar-refractivity contribution in [2.45, 2.75) is 0 Å². The van der Waals surface area contributed by atoms with Crippen molar-refractivity contribution in [3.05, 3.63) is 28.0 Å². The van der Waals surface area contributed by atoms with E-state index in [9.17, 15) is 0 Å². The van der Waals surface area contributed by atoms with Crippen molar-refractivity contribution in [2.75, 3.05) is 0 Å². The van der Waals surface area contributed by atoms with Crippen LogP contribution in [0.2, 0.25) is 0 Å². The Kier molecular flexibility index (Phi) is 1.61. The predicted octanol–water partition coefficient (Wildman–Crippen LogP) is 2.90. The lowest BCUT2D eigenvalue weighted by molar-refractivity contribution is 1.52. The molecule has 1 heterocycles. The van der Waals surface area contributed by atoms with Crippen LogP contribution in [0.5, 0.6) is 0 Å². The SMILES string of the molecule is Ic1nsc2ccccc12. The van der Waals surface area contributed by atoms with Gasteiger partial charge in [0, 0.05) is 5.39 Å². The van der Waals surface area contributed by atoms with Crippen LogP contribution in [0.4, 0.5) is 0 Å². The fourth-order valence-electron chi connectivity index (χ4n) is 0.855. The minimum atomic E-state index is 1.11. The van der Waals surface area contributed by atoms with Crippen LogP contribution in [0.3, 0.4) is 0 Å². The third-order valence-electron chi connectivity index (χ3n) is 1.33. The zero-order chi connectivity index (χ0) is 6.97. The summed E-state index contributed by atoms with van der Waals surface area (Å²) in [5.41, 5.74) is 0. The molecule has 0 spiro atoms. The summed E-state index contributed by atoms with van der Waals surface area (Å²) in [5.74, 6) is 0. The summed E-state index contributed by atoms with van der Waals surface area (Å²) in [5, 5.41) is 1.27. The van der Waals surface area contributed by atoms with E-state index in [0.29, 0.717) is 0 Å². The van der Waals surface area contributed by atoms with Gasteiger partial charge in [-0.3, -0.25) is 0 Å².